The van der Waals surface area contributed by atoms with Crippen LogP contribution in [0, 0.1) is 5.41 Å². The van der Waals surface area contributed by atoms with Crippen molar-refractivity contribution < 1.29 is 78.1 Å². The molecule has 408 valence electrons. The molecule has 8 N–H and O–H groups in total. The van der Waals surface area contributed by atoms with Gasteiger partial charge in [0.05, 0.1) is 70.7 Å². The van der Waals surface area contributed by atoms with Crippen LogP contribution in [0.2, 0.25) is 0 Å². The molecule has 2 saturated heterocycles. The minimum absolute atomic E-state index is 0.113. The van der Waals surface area contributed by atoms with Gasteiger partial charge in [0.1, 0.15) is 59.9 Å². The Morgan fingerprint density at radius 1 is 0.746 bits per heavy atom. The molecule has 4 rings (SSSR count). The van der Waals surface area contributed by atoms with E-state index < -0.39 is 79.4 Å². The van der Waals surface area contributed by atoms with Gasteiger partial charge in [0.2, 0.25) is 0 Å². The number of unbranched alkanes of at least 4 members (excludes halogenated alkanes) is 11. The summed E-state index contributed by atoms with van der Waals surface area (Å²) in [6, 6.07) is 4.77. The van der Waals surface area contributed by atoms with E-state index in [2.05, 4.69) is 38.0 Å². The Morgan fingerprint density at radius 2 is 1.32 bits per heavy atom. The van der Waals surface area contributed by atoms with Gasteiger partial charge in [-0.05, 0) is 50.8 Å². The molecule has 2 fully saturated rings. The molecule has 20 heteroatoms. The van der Waals surface area contributed by atoms with Crippen LogP contribution in [0.3, 0.4) is 0 Å². The highest BCUT2D eigenvalue weighted by Crippen LogP contribution is 2.34. The van der Waals surface area contributed by atoms with Gasteiger partial charge < -0.3 is 79.0 Å². The van der Waals surface area contributed by atoms with Crippen molar-refractivity contribution in [3.05, 3.63) is 35.7 Å². The molecule has 71 heavy (non-hydrogen) atoms. The Labute approximate surface area is 420 Å². The Bertz CT molecular complexity index is 1690. The van der Waals surface area contributed by atoms with Crippen molar-refractivity contribution in [1.82, 2.24) is 15.0 Å². The highest BCUT2D eigenvalue weighted by molar-refractivity contribution is 5.90. The van der Waals surface area contributed by atoms with Crippen LogP contribution in [0.15, 0.2) is 24.4 Å². The molecule has 10 atom stereocenters. The van der Waals surface area contributed by atoms with Gasteiger partial charge >= 0.3 is 5.97 Å². The molecular weight excluding hydrogens is 925 g/mol. The van der Waals surface area contributed by atoms with Crippen LogP contribution in [0.5, 0.6) is 11.5 Å². The quantitative estimate of drug-likeness (QED) is 0.0364. The first-order valence-electron chi connectivity index (χ1n) is 26.2. The topological polar surface area (TPSA) is 278 Å². The molecular formula is C51H88N4O16. The van der Waals surface area contributed by atoms with Gasteiger partial charge in [-0.25, -0.2) is 9.48 Å². The molecule has 0 saturated carbocycles. The summed E-state index contributed by atoms with van der Waals surface area (Å²) in [5.74, 6) is 0.0553. The number of hydrogen-bond acceptors (Lipinski definition) is 19. The zero-order valence-electron chi connectivity index (χ0n) is 42.9. The molecule has 2 aliphatic heterocycles. The Kier molecular flexibility index (Phi) is 28.1. The lowest BCUT2D eigenvalue weighted by Crippen LogP contribution is -2.63. The van der Waals surface area contributed by atoms with Crippen molar-refractivity contribution in [2.45, 2.75) is 198 Å². The van der Waals surface area contributed by atoms with Crippen molar-refractivity contribution in [2.24, 2.45) is 11.1 Å². The summed E-state index contributed by atoms with van der Waals surface area (Å²) >= 11 is 0. The molecule has 6 unspecified atom stereocenters. The summed E-state index contributed by atoms with van der Waals surface area (Å²) in [5, 5.41) is 74.0. The van der Waals surface area contributed by atoms with Crippen molar-refractivity contribution in [2.75, 3.05) is 66.0 Å². The van der Waals surface area contributed by atoms with Crippen LogP contribution in [-0.2, 0) is 46.3 Å². The SMILES string of the molecule is CCCCCCCOCC(C)(COCCCCCCN)COCc1cn(C[C@]2(CO)CC(O)C(O)[C@@H](O[C@@H]3OC(COC(=O)c4cc(OCCCCC)cc(OCCCCC)c4)[C@@H](O)C(O)C3O)O2)nn1. The number of nitrogens with zero attached hydrogens (tertiary/aromatic N) is 3. The number of benzene rings is 1. The smallest absolute Gasteiger partial charge is 0.338 e. The fourth-order valence-electron chi connectivity index (χ4n) is 8.34. The lowest BCUT2D eigenvalue weighted by atomic mass is 9.90. The van der Waals surface area contributed by atoms with Crippen molar-refractivity contribution >= 4 is 5.97 Å². The van der Waals surface area contributed by atoms with E-state index in [1.807, 2.05) is 0 Å². The number of aliphatic hydroxyl groups excluding tert-OH is 6. The molecule has 0 spiro atoms. The minimum Gasteiger partial charge on any atom is -0.493 e. The normalized spacial score (nSPS) is 25.5. The number of hydrogen-bond donors (Lipinski definition) is 7. The number of ether oxygens (including phenoxy) is 9. The number of nitrogens with two attached hydrogens (primary N) is 1. The molecule has 20 nitrogen and oxygen atoms in total. The van der Waals surface area contributed by atoms with Gasteiger partial charge in [0.25, 0.3) is 0 Å². The molecule has 0 radical (unpaired) electrons. The number of aromatic nitrogens is 3. The second-order valence-corrected chi connectivity index (χ2v) is 19.6. The van der Waals surface area contributed by atoms with E-state index in [0.717, 1.165) is 77.0 Å². The van der Waals surface area contributed by atoms with Crippen molar-refractivity contribution in [3.63, 3.8) is 0 Å². The summed E-state index contributed by atoms with van der Waals surface area (Å²) in [6.45, 7) is 11.3. The number of esters is 1. The maximum absolute atomic E-state index is 13.4. The maximum atomic E-state index is 13.4. The first-order valence-corrected chi connectivity index (χ1v) is 26.2. The predicted molar refractivity (Wildman–Crippen MR) is 262 cm³/mol. The maximum Gasteiger partial charge on any atom is 0.338 e. The average Bonchev–Trinajstić information content (AvgIpc) is 3.81. The summed E-state index contributed by atoms with van der Waals surface area (Å²) in [5.41, 5.74) is 4.23. The summed E-state index contributed by atoms with van der Waals surface area (Å²) in [4.78, 5) is 13.4. The van der Waals surface area contributed by atoms with Crippen LogP contribution in [0.25, 0.3) is 0 Å². The third-order valence-electron chi connectivity index (χ3n) is 12.6. The molecule has 0 aliphatic carbocycles. The first kappa shape index (κ1) is 60.5. The predicted octanol–water partition coefficient (Wildman–Crippen LogP) is 4.34. The van der Waals surface area contributed by atoms with Crippen LogP contribution < -0.4 is 15.2 Å². The van der Waals surface area contributed by atoms with E-state index in [1.165, 1.54) is 36.1 Å². The van der Waals surface area contributed by atoms with Gasteiger partial charge in [-0.15, -0.1) is 5.10 Å². The molecule has 2 aromatic rings. The fraction of sp³-hybridized carbons (Fsp3) is 0.824. The zero-order chi connectivity index (χ0) is 51.5. The highest BCUT2D eigenvalue weighted by atomic mass is 16.8. The number of carbonyl (C=O) groups excluding carboxylic acids is 1. The molecule has 0 bridgehead atoms. The number of aliphatic hydroxyl groups is 6. The van der Waals surface area contributed by atoms with Crippen LogP contribution in [0.1, 0.15) is 146 Å². The van der Waals surface area contributed by atoms with E-state index in [-0.39, 0.29) is 25.1 Å². The van der Waals surface area contributed by atoms with Gasteiger partial charge in [-0.1, -0.05) is 97.1 Å². The van der Waals surface area contributed by atoms with Gasteiger partial charge in [-0.3, -0.25) is 0 Å². The second-order valence-electron chi connectivity index (χ2n) is 19.6. The Morgan fingerprint density at radius 3 is 1.93 bits per heavy atom. The molecule has 2 aliphatic rings. The third-order valence-corrected chi connectivity index (χ3v) is 12.6. The van der Waals surface area contributed by atoms with E-state index in [1.54, 1.807) is 12.3 Å². The summed E-state index contributed by atoms with van der Waals surface area (Å²) in [7, 11) is 0. The molecule has 0 amide bonds. The lowest BCUT2D eigenvalue weighted by molar-refractivity contribution is -0.381. The number of carbonyl (C=O) groups is 1. The summed E-state index contributed by atoms with van der Waals surface area (Å²) < 4.78 is 54.9. The lowest BCUT2D eigenvalue weighted by Gasteiger charge is -2.47. The molecule has 1 aromatic carbocycles. The molecule has 3 heterocycles. The van der Waals surface area contributed by atoms with Crippen molar-refractivity contribution in [1.29, 1.82) is 0 Å². The average molecular weight is 1010 g/mol. The second kappa shape index (κ2) is 33.0. The third kappa shape index (κ3) is 21.0. The van der Waals surface area contributed by atoms with Crippen LogP contribution in [0.4, 0.5) is 0 Å². The van der Waals surface area contributed by atoms with Gasteiger partial charge in [-0.2, -0.15) is 0 Å². The van der Waals surface area contributed by atoms with Crippen molar-refractivity contribution in [3.8, 4) is 11.5 Å². The highest BCUT2D eigenvalue weighted by Gasteiger charge is 2.51. The van der Waals surface area contributed by atoms with Crippen LogP contribution in [-0.4, -0.2) is 172 Å². The van der Waals surface area contributed by atoms with Gasteiger partial charge in [0.15, 0.2) is 12.6 Å². The number of rotatable bonds is 38. The van der Waals surface area contributed by atoms with E-state index in [4.69, 9.17) is 48.4 Å². The standard InChI is InChI=1S/C51H88N4O16/c1-5-8-11-13-18-21-63-34-50(4,35-64-22-19-14-12-15-20-52)36-65-30-38-29-55(54-53-38)32-51(33-56)28-41(57)43(58)49(71-51)70-48-46(61)45(60)44(59)42(69-48)31-68-47(62)37-25-39(66-23-16-9-6-2)27-40(26-37)67-24-17-10-7-3/h25-27,29,41-46,48-49,56-61H,5-24,28,30-36,52H2,1-4H3/t41?,42?,43?,44-,45?,46?,48+,49+,50?,51+/m1/s1. The monoisotopic (exact) mass is 1010 g/mol. The fourth-order valence-corrected chi connectivity index (χ4v) is 8.34. The molecule has 1 aromatic heterocycles. The van der Waals surface area contributed by atoms with E-state index in [0.29, 0.717) is 70.0 Å². The largest absolute Gasteiger partial charge is 0.493 e. The Hall–Kier alpha value is -3.09. The van der Waals surface area contributed by atoms with Crippen LogP contribution >= 0.6 is 0 Å². The van der Waals surface area contributed by atoms with E-state index in [9.17, 15) is 35.4 Å². The van der Waals surface area contributed by atoms with Gasteiger partial charge in [0, 0.05) is 31.1 Å². The zero-order valence-corrected chi connectivity index (χ0v) is 42.9. The first-order chi connectivity index (χ1) is 34.3. The van der Waals surface area contributed by atoms with E-state index >= 15 is 0 Å². The minimum atomic E-state index is -1.87. The summed E-state index contributed by atoms with van der Waals surface area (Å²) in [6.07, 6.45) is 3.32. The Balaban J connectivity index is 1.35.